The minimum absolute atomic E-state index is 0.377. The molecule has 0 bridgehead atoms. The van der Waals surface area contributed by atoms with Gasteiger partial charge in [0.1, 0.15) is 0 Å². The van der Waals surface area contributed by atoms with Gasteiger partial charge < -0.3 is 4.74 Å². The zero-order valence-electron chi connectivity index (χ0n) is 6.26. The van der Waals surface area contributed by atoms with Crippen LogP contribution in [0.2, 0.25) is 5.15 Å². The minimum atomic E-state index is 0.377. The lowest BCUT2D eigenvalue weighted by Gasteiger charge is -2.05. The molecule has 0 unspecified atom stereocenters. The van der Waals surface area contributed by atoms with Crippen LogP contribution in [0.3, 0.4) is 0 Å². The average molecular weight is 296 g/mol. The van der Waals surface area contributed by atoms with Gasteiger partial charge in [0.25, 0.3) is 0 Å². The summed E-state index contributed by atoms with van der Waals surface area (Å²) in [6.45, 7) is 0. The van der Waals surface area contributed by atoms with E-state index >= 15 is 0 Å². The Balaban J connectivity index is 2.21. The standard InChI is InChI=1S/C8H7ClINO/c9-8-7(12-6-1-2-6)3-5(10)4-11-8/h3-4,6H,1-2H2. The Labute approximate surface area is 89.4 Å². The van der Waals surface area contributed by atoms with E-state index in [1.807, 2.05) is 6.07 Å². The zero-order chi connectivity index (χ0) is 8.55. The van der Waals surface area contributed by atoms with E-state index in [1.54, 1.807) is 6.20 Å². The van der Waals surface area contributed by atoms with Crippen molar-refractivity contribution in [3.8, 4) is 5.75 Å². The lowest BCUT2D eigenvalue weighted by Crippen LogP contribution is -1.97. The lowest BCUT2D eigenvalue weighted by molar-refractivity contribution is 0.302. The molecule has 2 nitrogen and oxygen atoms in total. The van der Waals surface area contributed by atoms with Crippen LogP contribution in [0.5, 0.6) is 5.75 Å². The molecule has 1 aromatic rings. The highest BCUT2D eigenvalue weighted by molar-refractivity contribution is 14.1. The van der Waals surface area contributed by atoms with Crippen molar-refractivity contribution in [1.82, 2.24) is 4.98 Å². The molecule has 0 aliphatic heterocycles. The molecule has 64 valence electrons. The van der Waals surface area contributed by atoms with E-state index in [2.05, 4.69) is 27.6 Å². The smallest absolute Gasteiger partial charge is 0.171 e. The first-order valence-corrected chi connectivity index (χ1v) is 5.19. The van der Waals surface area contributed by atoms with E-state index in [9.17, 15) is 0 Å². The van der Waals surface area contributed by atoms with Crippen molar-refractivity contribution >= 4 is 34.2 Å². The van der Waals surface area contributed by atoms with Gasteiger partial charge in [0.15, 0.2) is 10.9 Å². The van der Waals surface area contributed by atoms with Crippen molar-refractivity contribution < 1.29 is 4.74 Å². The van der Waals surface area contributed by atoms with E-state index in [-0.39, 0.29) is 0 Å². The largest absolute Gasteiger partial charge is 0.487 e. The summed E-state index contributed by atoms with van der Waals surface area (Å²) < 4.78 is 6.59. The number of hydrogen-bond acceptors (Lipinski definition) is 2. The van der Waals surface area contributed by atoms with Crippen LogP contribution in [-0.2, 0) is 0 Å². The van der Waals surface area contributed by atoms with E-state index < -0.39 is 0 Å². The quantitative estimate of drug-likeness (QED) is 0.618. The van der Waals surface area contributed by atoms with Gasteiger partial charge in [0.2, 0.25) is 0 Å². The van der Waals surface area contributed by atoms with Crippen molar-refractivity contribution in [1.29, 1.82) is 0 Å². The molecule has 4 heteroatoms. The molecule has 0 saturated heterocycles. The van der Waals surface area contributed by atoms with Crippen LogP contribution < -0.4 is 4.74 Å². The van der Waals surface area contributed by atoms with Crippen molar-refractivity contribution in [2.75, 3.05) is 0 Å². The first kappa shape index (κ1) is 8.56. The van der Waals surface area contributed by atoms with E-state index in [1.165, 1.54) is 0 Å². The van der Waals surface area contributed by atoms with E-state index in [4.69, 9.17) is 16.3 Å². The van der Waals surface area contributed by atoms with Crippen LogP contribution in [0.4, 0.5) is 0 Å². The molecule has 0 aromatic carbocycles. The van der Waals surface area contributed by atoms with Gasteiger partial charge in [-0.25, -0.2) is 4.98 Å². The first-order valence-electron chi connectivity index (χ1n) is 3.73. The molecule has 0 radical (unpaired) electrons. The Morgan fingerprint density at radius 1 is 1.58 bits per heavy atom. The third-order valence-electron chi connectivity index (χ3n) is 1.59. The van der Waals surface area contributed by atoms with Crippen LogP contribution >= 0.6 is 34.2 Å². The normalized spacial score (nSPS) is 16.2. The number of hydrogen-bond donors (Lipinski definition) is 0. The Kier molecular flexibility index (Phi) is 2.41. The predicted molar refractivity (Wildman–Crippen MR) is 55.6 cm³/mol. The van der Waals surface area contributed by atoms with Gasteiger partial charge in [0.05, 0.1) is 6.10 Å². The monoisotopic (exact) mass is 295 g/mol. The van der Waals surface area contributed by atoms with Crippen LogP contribution in [0, 0.1) is 3.57 Å². The Bertz CT molecular complexity index is 301. The Hall–Kier alpha value is -0.0300. The molecule has 0 atom stereocenters. The summed E-state index contributed by atoms with van der Waals surface area (Å²) in [4.78, 5) is 3.99. The number of halogens is 2. The highest BCUT2D eigenvalue weighted by Crippen LogP contribution is 2.31. The van der Waals surface area contributed by atoms with Crippen LogP contribution in [0.15, 0.2) is 12.3 Å². The number of aromatic nitrogens is 1. The van der Waals surface area contributed by atoms with E-state index in [0.717, 1.165) is 16.4 Å². The van der Waals surface area contributed by atoms with Crippen molar-refractivity contribution in [3.63, 3.8) is 0 Å². The van der Waals surface area contributed by atoms with Crippen molar-refractivity contribution in [2.45, 2.75) is 18.9 Å². The maximum Gasteiger partial charge on any atom is 0.171 e. The molecule has 0 N–H and O–H groups in total. The van der Waals surface area contributed by atoms with Crippen LogP contribution in [0.25, 0.3) is 0 Å². The number of ether oxygens (including phenoxy) is 1. The minimum Gasteiger partial charge on any atom is -0.487 e. The summed E-state index contributed by atoms with van der Waals surface area (Å²) in [6, 6.07) is 1.91. The fourth-order valence-electron chi connectivity index (χ4n) is 0.852. The SMILES string of the molecule is Clc1ncc(I)cc1OC1CC1. The van der Waals surface area contributed by atoms with Gasteiger partial charge in [-0.3, -0.25) is 0 Å². The summed E-state index contributed by atoms with van der Waals surface area (Å²) in [5, 5.41) is 0.460. The van der Waals surface area contributed by atoms with Gasteiger partial charge >= 0.3 is 0 Å². The molecule has 1 fully saturated rings. The van der Waals surface area contributed by atoms with Crippen molar-refractivity contribution in [3.05, 3.63) is 21.0 Å². The molecule has 1 saturated carbocycles. The Morgan fingerprint density at radius 2 is 2.33 bits per heavy atom. The summed E-state index contributed by atoms with van der Waals surface area (Å²) in [5.41, 5.74) is 0. The molecular weight excluding hydrogens is 288 g/mol. The summed E-state index contributed by atoms with van der Waals surface area (Å²) in [6.07, 6.45) is 4.38. The molecule has 2 rings (SSSR count). The summed E-state index contributed by atoms with van der Waals surface area (Å²) >= 11 is 8.02. The van der Waals surface area contributed by atoms with Crippen LogP contribution in [0.1, 0.15) is 12.8 Å². The average Bonchev–Trinajstić information content (AvgIpc) is 2.81. The van der Waals surface area contributed by atoms with Crippen molar-refractivity contribution in [2.24, 2.45) is 0 Å². The second-order valence-corrected chi connectivity index (χ2v) is 4.36. The molecule has 1 aromatic heterocycles. The number of rotatable bonds is 2. The van der Waals surface area contributed by atoms with Gasteiger partial charge in [-0.2, -0.15) is 0 Å². The highest BCUT2D eigenvalue weighted by atomic mass is 127. The predicted octanol–water partition coefficient (Wildman–Crippen LogP) is 2.88. The third kappa shape index (κ3) is 2.01. The fraction of sp³-hybridized carbons (Fsp3) is 0.375. The zero-order valence-corrected chi connectivity index (χ0v) is 9.17. The number of pyridine rings is 1. The summed E-state index contributed by atoms with van der Waals surface area (Å²) in [7, 11) is 0. The molecule has 12 heavy (non-hydrogen) atoms. The maximum absolute atomic E-state index is 5.83. The Morgan fingerprint density at radius 3 is 3.00 bits per heavy atom. The molecule has 1 aliphatic rings. The topological polar surface area (TPSA) is 22.1 Å². The van der Waals surface area contributed by atoms with Gasteiger partial charge in [-0.05, 0) is 41.5 Å². The van der Waals surface area contributed by atoms with Gasteiger partial charge in [-0.15, -0.1) is 0 Å². The first-order chi connectivity index (χ1) is 5.75. The molecular formula is C8H7ClINO. The molecule has 0 amide bonds. The van der Waals surface area contributed by atoms with Gasteiger partial charge in [0, 0.05) is 9.77 Å². The molecule has 1 heterocycles. The third-order valence-corrected chi connectivity index (χ3v) is 2.47. The second-order valence-electron chi connectivity index (χ2n) is 2.76. The molecule has 0 spiro atoms. The number of nitrogens with zero attached hydrogens (tertiary/aromatic N) is 1. The second kappa shape index (κ2) is 3.38. The van der Waals surface area contributed by atoms with Gasteiger partial charge in [-0.1, -0.05) is 11.6 Å². The fourth-order valence-corrected chi connectivity index (χ4v) is 1.42. The summed E-state index contributed by atoms with van der Waals surface area (Å²) in [5.74, 6) is 0.714. The molecule has 1 aliphatic carbocycles. The highest BCUT2D eigenvalue weighted by Gasteiger charge is 2.24. The van der Waals surface area contributed by atoms with Crippen LogP contribution in [-0.4, -0.2) is 11.1 Å². The van der Waals surface area contributed by atoms with E-state index in [0.29, 0.717) is 17.0 Å². The maximum atomic E-state index is 5.83. The lowest BCUT2D eigenvalue weighted by atomic mass is 10.5.